The highest BCUT2D eigenvalue weighted by atomic mass is 16.2. The van der Waals surface area contributed by atoms with Gasteiger partial charge in [-0.3, -0.25) is 0 Å². The molecule has 0 radical (unpaired) electrons. The van der Waals surface area contributed by atoms with E-state index in [1.165, 1.54) is 6.42 Å². The van der Waals surface area contributed by atoms with E-state index >= 15 is 0 Å². The van der Waals surface area contributed by atoms with Gasteiger partial charge in [0.15, 0.2) is 0 Å². The first-order valence-electron chi connectivity index (χ1n) is 6.60. The lowest BCUT2D eigenvalue weighted by Crippen LogP contribution is -2.52. The third-order valence-corrected chi connectivity index (χ3v) is 3.67. The lowest BCUT2D eigenvalue weighted by atomic mass is 9.86. The first kappa shape index (κ1) is 13.3. The summed E-state index contributed by atoms with van der Waals surface area (Å²) < 4.78 is 0. The van der Waals surface area contributed by atoms with Crippen molar-refractivity contribution in [2.45, 2.75) is 53.0 Å². The number of carbonyl (C=O) groups excluding carboxylic acids is 1. The molecule has 1 aliphatic heterocycles. The van der Waals surface area contributed by atoms with Crippen LogP contribution in [0.25, 0.3) is 0 Å². The summed E-state index contributed by atoms with van der Waals surface area (Å²) in [6.07, 6.45) is 3.43. The van der Waals surface area contributed by atoms with E-state index in [0.717, 1.165) is 25.9 Å². The SMILES string of the molecule is CCCCNC(=O)N1CC(C)CC(C)C1C. The molecule has 0 aromatic heterocycles. The zero-order valence-electron chi connectivity index (χ0n) is 11.1. The van der Waals surface area contributed by atoms with E-state index in [4.69, 9.17) is 0 Å². The van der Waals surface area contributed by atoms with Crippen molar-refractivity contribution in [2.75, 3.05) is 13.1 Å². The normalized spacial score (nSPS) is 30.2. The largest absolute Gasteiger partial charge is 0.338 e. The second kappa shape index (κ2) is 6.12. The first-order chi connectivity index (χ1) is 7.56. The van der Waals surface area contributed by atoms with Gasteiger partial charge in [0, 0.05) is 19.1 Å². The molecule has 0 saturated carbocycles. The maximum Gasteiger partial charge on any atom is 0.317 e. The van der Waals surface area contributed by atoms with Crippen LogP contribution in [0, 0.1) is 11.8 Å². The molecule has 2 amide bonds. The molecular formula is C13H26N2O. The van der Waals surface area contributed by atoms with Crippen LogP contribution in [0.2, 0.25) is 0 Å². The molecule has 0 aliphatic carbocycles. The number of nitrogens with zero attached hydrogens (tertiary/aromatic N) is 1. The van der Waals surface area contributed by atoms with E-state index in [-0.39, 0.29) is 6.03 Å². The number of unbranched alkanes of at least 4 members (excludes halogenated alkanes) is 1. The van der Waals surface area contributed by atoms with Gasteiger partial charge in [0.1, 0.15) is 0 Å². The first-order valence-corrected chi connectivity index (χ1v) is 6.60. The van der Waals surface area contributed by atoms with Gasteiger partial charge in [-0.15, -0.1) is 0 Å². The number of likely N-dealkylation sites (tertiary alicyclic amines) is 1. The minimum absolute atomic E-state index is 0.124. The van der Waals surface area contributed by atoms with Crippen LogP contribution in [-0.4, -0.2) is 30.1 Å². The smallest absolute Gasteiger partial charge is 0.317 e. The number of urea groups is 1. The average molecular weight is 226 g/mol. The van der Waals surface area contributed by atoms with Gasteiger partial charge >= 0.3 is 6.03 Å². The van der Waals surface area contributed by atoms with Gasteiger partial charge in [-0.25, -0.2) is 4.79 Å². The molecule has 1 aliphatic rings. The van der Waals surface area contributed by atoms with Crippen LogP contribution in [-0.2, 0) is 0 Å². The van der Waals surface area contributed by atoms with Crippen molar-refractivity contribution in [1.82, 2.24) is 10.2 Å². The molecule has 3 unspecified atom stereocenters. The summed E-state index contributed by atoms with van der Waals surface area (Å²) >= 11 is 0. The summed E-state index contributed by atoms with van der Waals surface area (Å²) in [6, 6.07) is 0.497. The van der Waals surface area contributed by atoms with Crippen LogP contribution in [0.4, 0.5) is 4.79 Å². The van der Waals surface area contributed by atoms with Crippen LogP contribution < -0.4 is 5.32 Å². The number of carbonyl (C=O) groups is 1. The predicted octanol–water partition coefficient (Wildman–Crippen LogP) is 2.86. The Morgan fingerprint density at radius 1 is 1.38 bits per heavy atom. The third-order valence-electron chi connectivity index (χ3n) is 3.67. The Morgan fingerprint density at radius 3 is 2.69 bits per heavy atom. The van der Waals surface area contributed by atoms with E-state index in [0.29, 0.717) is 17.9 Å². The fourth-order valence-electron chi connectivity index (χ4n) is 2.46. The summed E-state index contributed by atoms with van der Waals surface area (Å²) in [5, 5.41) is 3.01. The lowest BCUT2D eigenvalue weighted by molar-refractivity contribution is 0.102. The minimum Gasteiger partial charge on any atom is -0.338 e. The van der Waals surface area contributed by atoms with Gasteiger partial charge in [0.05, 0.1) is 0 Å². The average Bonchev–Trinajstić information content (AvgIpc) is 2.23. The Hall–Kier alpha value is -0.730. The minimum atomic E-state index is 0.124. The van der Waals surface area contributed by atoms with Crippen LogP contribution in [0.1, 0.15) is 47.0 Å². The molecule has 94 valence electrons. The molecule has 3 heteroatoms. The quantitative estimate of drug-likeness (QED) is 0.737. The number of hydrogen-bond acceptors (Lipinski definition) is 1. The van der Waals surface area contributed by atoms with E-state index < -0.39 is 0 Å². The van der Waals surface area contributed by atoms with Crippen molar-refractivity contribution in [3.63, 3.8) is 0 Å². The summed E-state index contributed by atoms with van der Waals surface area (Å²) in [4.78, 5) is 14.0. The fraction of sp³-hybridized carbons (Fsp3) is 0.923. The van der Waals surface area contributed by atoms with Crippen molar-refractivity contribution in [3.05, 3.63) is 0 Å². The fourth-order valence-corrected chi connectivity index (χ4v) is 2.46. The van der Waals surface area contributed by atoms with E-state index in [9.17, 15) is 4.79 Å². The molecule has 0 aromatic rings. The van der Waals surface area contributed by atoms with Crippen molar-refractivity contribution < 1.29 is 4.79 Å². The van der Waals surface area contributed by atoms with Crippen LogP contribution in [0.3, 0.4) is 0 Å². The molecule has 16 heavy (non-hydrogen) atoms. The highest BCUT2D eigenvalue weighted by molar-refractivity contribution is 5.74. The summed E-state index contributed by atoms with van der Waals surface area (Å²) in [5.41, 5.74) is 0. The third kappa shape index (κ3) is 3.39. The monoisotopic (exact) mass is 226 g/mol. The van der Waals surface area contributed by atoms with Crippen LogP contribution >= 0.6 is 0 Å². The Bertz CT molecular complexity index is 230. The number of rotatable bonds is 3. The van der Waals surface area contributed by atoms with Gasteiger partial charge in [-0.2, -0.15) is 0 Å². The van der Waals surface area contributed by atoms with Gasteiger partial charge in [-0.05, 0) is 31.6 Å². The molecule has 1 saturated heterocycles. The van der Waals surface area contributed by atoms with Crippen molar-refractivity contribution in [2.24, 2.45) is 11.8 Å². The van der Waals surface area contributed by atoms with Gasteiger partial charge in [-0.1, -0.05) is 27.2 Å². The molecule has 1 heterocycles. The van der Waals surface area contributed by atoms with E-state index in [1.54, 1.807) is 0 Å². The van der Waals surface area contributed by atoms with Crippen molar-refractivity contribution >= 4 is 6.03 Å². The standard InChI is InChI=1S/C13H26N2O/c1-5-6-7-14-13(16)15-9-10(2)8-11(3)12(15)4/h10-12H,5-9H2,1-4H3,(H,14,16). The summed E-state index contributed by atoms with van der Waals surface area (Å²) in [7, 11) is 0. The second-order valence-corrected chi connectivity index (χ2v) is 5.30. The second-order valence-electron chi connectivity index (χ2n) is 5.30. The van der Waals surface area contributed by atoms with Crippen molar-refractivity contribution in [3.8, 4) is 0 Å². The molecular weight excluding hydrogens is 200 g/mol. The Morgan fingerprint density at radius 2 is 2.06 bits per heavy atom. The van der Waals surface area contributed by atoms with E-state index in [1.807, 2.05) is 4.90 Å². The number of piperidine rings is 1. The number of hydrogen-bond donors (Lipinski definition) is 1. The zero-order chi connectivity index (χ0) is 12.1. The summed E-state index contributed by atoms with van der Waals surface area (Å²) in [6.45, 7) is 10.5. The van der Waals surface area contributed by atoms with Gasteiger partial charge < -0.3 is 10.2 Å². The number of amides is 2. The number of nitrogens with one attached hydrogen (secondary N) is 1. The van der Waals surface area contributed by atoms with Crippen LogP contribution in [0.15, 0.2) is 0 Å². The summed E-state index contributed by atoms with van der Waals surface area (Å²) in [5.74, 6) is 1.24. The molecule has 1 rings (SSSR count). The molecule has 1 fully saturated rings. The highest BCUT2D eigenvalue weighted by Crippen LogP contribution is 2.26. The Labute approximate surface area is 99.6 Å². The topological polar surface area (TPSA) is 32.3 Å². The van der Waals surface area contributed by atoms with Crippen LogP contribution in [0.5, 0.6) is 0 Å². The lowest BCUT2D eigenvalue weighted by Gasteiger charge is -2.41. The highest BCUT2D eigenvalue weighted by Gasteiger charge is 2.31. The Kier molecular flexibility index (Phi) is 5.10. The molecule has 3 nitrogen and oxygen atoms in total. The molecule has 0 spiro atoms. The molecule has 1 N–H and O–H groups in total. The Balaban J connectivity index is 2.46. The van der Waals surface area contributed by atoms with Gasteiger partial charge in [0.2, 0.25) is 0 Å². The molecule has 0 bridgehead atoms. The maximum absolute atomic E-state index is 12.0. The predicted molar refractivity (Wildman–Crippen MR) is 67.4 cm³/mol. The van der Waals surface area contributed by atoms with Gasteiger partial charge in [0.25, 0.3) is 0 Å². The van der Waals surface area contributed by atoms with E-state index in [2.05, 4.69) is 33.0 Å². The maximum atomic E-state index is 12.0. The molecule has 3 atom stereocenters. The van der Waals surface area contributed by atoms with Crippen molar-refractivity contribution in [1.29, 1.82) is 0 Å². The molecule has 0 aromatic carbocycles. The zero-order valence-corrected chi connectivity index (χ0v) is 11.1.